The van der Waals surface area contributed by atoms with Crippen molar-refractivity contribution in [1.29, 1.82) is 0 Å². The van der Waals surface area contributed by atoms with E-state index in [1.54, 1.807) is 18.5 Å². The molecule has 1 aromatic heterocycles. The second-order valence-corrected chi connectivity index (χ2v) is 3.71. The Bertz CT molecular complexity index is 673. The van der Waals surface area contributed by atoms with Crippen molar-refractivity contribution in [2.45, 2.75) is 0 Å². The van der Waals surface area contributed by atoms with E-state index >= 15 is 0 Å². The number of fused-ring (bicyclic) bond motifs is 2. The topological polar surface area (TPSA) is 30.0 Å². The Morgan fingerprint density at radius 2 is 1.56 bits per heavy atom. The van der Waals surface area contributed by atoms with E-state index in [4.69, 9.17) is 0 Å². The highest BCUT2D eigenvalue weighted by molar-refractivity contribution is 5.92. The van der Waals surface area contributed by atoms with E-state index < -0.39 is 0 Å². The van der Waals surface area contributed by atoms with Gasteiger partial charge in [-0.1, -0.05) is 36.4 Å². The molecule has 2 heteroatoms. The van der Waals surface area contributed by atoms with Gasteiger partial charge in [-0.2, -0.15) is 0 Å². The lowest BCUT2D eigenvalue weighted by atomic mass is 10.1. The fraction of sp³-hybridized carbons (Fsp3) is 0. The molecule has 0 aliphatic rings. The lowest BCUT2D eigenvalue weighted by molar-refractivity contribution is 1.36. The highest BCUT2D eigenvalue weighted by Gasteiger charge is 2.00. The summed E-state index contributed by atoms with van der Waals surface area (Å²) in [6.07, 6.45) is 3.37. The van der Waals surface area contributed by atoms with Gasteiger partial charge in [-0.15, -0.1) is 0 Å². The molecule has 3 aromatic rings. The third-order valence-electron chi connectivity index (χ3n) is 2.74. The first-order valence-electron chi connectivity index (χ1n) is 5.12. The summed E-state index contributed by atoms with van der Waals surface area (Å²) in [6, 6.07) is 13.3. The van der Waals surface area contributed by atoms with Crippen LogP contribution in [0.25, 0.3) is 21.5 Å². The van der Waals surface area contributed by atoms with Crippen LogP contribution in [-0.4, -0.2) is 4.98 Å². The van der Waals surface area contributed by atoms with Crippen molar-refractivity contribution in [3.05, 3.63) is 65.1 Å². The lowest BCUT2D eigenvalue weighted by Gasteiger charge is -1.89. The molecule has 2 aromatic carbocycles. The maximum absolute atomic E-state index is 12.3. The first-order chi connectivity index (χ1) is 7.86. The fourth-order valence-corrected chi connectivity index (χ4v) is 1.92. The number of aromatic nitrogens is 1. The smallest absolute Gasteiger partial charge is 0.194 e. The third kappa shape index (κ3) is 1.27. The van der Waals surface area contributed by atoms with Gasteiger partial charge in [0.15, 0.2) is 5.43 Å². The van der Waals surface area contributed by atoms with Gasteiger partial charge in [0.1, 0.15) is 0 Å². The van der Waals surface area contributed by atoms with Crippen LogP contribution in [0.15, 0.2) is 59.7 Å². The minimum absolute atomic E-state index is 0.0676. The summed E-state index contributed by atoms with van der Waals surface area (Å²) in [4.78, 5) is 16.3. The van der Waals surface area contributed by atoms with Gasteiger partial charge in [0.25, 0.3) is 0 Å². The molecular weight excluding hydrogens is 198 g/mol. The maximum atomic E-state index is 12.3. The highest BCUT2D eigenvalue weighted by Crippen LogP contribution is 2.13. The molecule has 0 unspecified atom stereocenters. The number of hydrogen-bond donors (Lipinski definition) is 0. The minimum Gasteiger partial charge on any atom is -0.289 e. The maximum Gasteiger partial charge on any atom is 0.194 e. The van der Waals surface area contributed by atoms with E-state index in [0.29, 0.717) is 0 Å². The summed E-state index contributed by atoms with van der Waals surface area (Å²) in [5, 5.41) is 3.31. The van der Waals surface area contributed by atoms with Gasteiger partial charge >= 0.3 is 0 Å². The molecule has 0 radical (unpaired) electrons. The zero-order chi connectivity index (χ0) is 11.0. The second-order valence-electron chi connectivity index (χ2n) is 3.71. The first kappa shape index (κ1) is 9.04. The molecule has 76 valence electrons. The van der Waals surface area contributed by atoms with Crippen LogP contribution in [0, 0.1) is 0 Å². The van der Waals surface area contributed by atoms with E-state index in [9.17, 15) is 4.79 Å². The molecule has 0 saturated heterocycles. The molecule has 0 amide bonds. The Hall–Kier alpha value is -2.22. The van der Waals surface area contributed by atoms with E-state index in [2.05, 4.69) is 4.98 Å². The molecular formula is C14H9NO. The van der Waals surface area contributed by atoms with Crippen LogP contribution in [-0.2, 0) is 0 Å². The molecule has 0 aliphatic heterocycles. The van der Waals surface area contributed by atoms with Crippen molar-refractivity contribution in [1.82, 2.24) is 4.98 Å². The zero-order valence-corrected chi connectivity index (χ0v) is 8.55. The fourth-order valence-electron chi connectivity index (χ4n) is 1.92. The van der Waals surface area contributed by atoms with Gasteiger partial charge in [-0.25, -0.2) is 0 Å². The molecule has 0 spiro atoms. The Kier molecular flexibility index (Phi) is 1.93. The van der Waals surface area contributed by atoms with Crippen LogP contribution < -0.4 is 5.43 Å². The zero-order valence-electron chi connectivity index (χ0n) is 8.55. The third-order valence-corrected chi connectivity index (χ3v) is 2.74. The van der Waals surface area contributed by atoms with Crippen LogP contribution in [0.1, 0.15) is 0 Å². The Labute approximate surface area is 92.2 Å². The summed E-state index contributed by atoms with van der Waals surface area (Å²) < 4.78 is 0. The monoisotopic (exact) mass is 207 g/mol. The van der Waals surface area contributed by atoms with Crippen LogP contribution in [0.4, 0.5) is 0 Å². The highest BCUT2D eigenvalue weighted by atomic mass is 16.1. The van der Waals surface area contributed by atoms with Crippen LogP contribution in [0.3, 0.4) is 0 Å². The summed E-state index contributed by atoms with van der Waals surface area (Å²) >= 11 is 0. The van der Waals surface area contributed by atoms with Gasteiger partial charge in [0, 0.05) is 28.6 Å². The molecule has 16 heavy (non-hydrogen) atoms. The van der Waals surface area contributed by atoms with Gasteiger partial charge in [-0.3, -0.25) is 9.78 Å². The molecule has 1 heterocycles. The molecule has 0 saturated carbocycles. The van der Waals surface area contributed by atoms with Crippen molar-refractivity contribution in [3.63, 3.8) is 0 Å². The summed E-state index contributed by atoms with van der Waals surface area (Å²) in [6.45, 7) is 0. The Balaban J connectivity index is 2.69. The molecule has 2 nitrogen and oxygen atoms in total. The van der Waals surface area contributed by atoms with E-state index in [0.717, 1.165) is 21.5 Å². The molecule has 0 atom stereocenters. The van der Waals surface area contributed by atoms with Crippen molar-refractivity contribution < 1.29 is 0 Å². The van der Waals surface area contributed by atoms with E-state index in [-0.39, 0.29) is 5.43 Å². The van der Waals surface area contributed by atoms with Gasteiger partial charge < -0.3 is 0 Å². The predicted octanol–water partition coefficient (Wildman–Crippen LogP) is 2.75. The van der Waals surface area contributed by atoms with Crippen molar-refractivity contribution in [2.24, 2.45) is 0 Å². The number of benzene rings is 1. The number of nitrogens with zero attached hydrogens (tertiary/aromatic N) is 1. The normalized spacial score (nSPS) is 10.8. The SMILES string of the molecule is O=c1c2ccccc2ccc2cnccc12. The second kappa shape index (κ2) is 3.42. The Morgan fingerprint density at radius 3 is 2.50 bits per heavy atom. The van der Waals surface area contributed by atoms with Gasteiger partial charge in [0.2, 0.25) is 0 Å². The van der Waals surface area contributed by atoms with E-state index in [1.165, 1.54) is 0 Å². The summed E-state index contributed by atoms with van der Waals surface area (Å²) in [7, 11) is 0. The van der Waals surface area contributed by atoms with Crippen LogP contribution in [0.5, 0.6) is 0 Å². The van der Waals surface area contributed by atoms with Gasteiger partial charge in [-0.05, 0) is 11.5 Å². The largest absolute Gasteiger partial charge is 0.289 e. The number of pyridine rings is 1. The van der Waals surface area contributed by atoms with Crippen molar-refractivity contribution in [2.75, 3.05) is 0 Å². The van der Waals surface area contributed by atoms with Crippen LogP contribution in [0.2, 0.25) is 0 Å². The molecule has 3 rings (SSSR count). The summed E-state index contributed by atoms with van der Waals surface area (Å²) in [5.74, 6) is 0. The quantitative estimate of drug-likeness (QED) is 0.567. The molecule has 0 N–H and O–H groups in total. The molecule has 0 aliphatic carbocycles. The number of rotatable bonds is 0. The first-order valence-corrected chi connectivity index (χ1v) is 5.12. The average molecular weight is 207 g/mol. The average Bonchev–Trinajstić information content (AvgIpc) is 2.49. The standard InChI is InChI=1S/C14H9NO/c16-14-12-4-2-1-3-10(12)5-6-11-9-15-8-7-13(11)14/h1-9H. The lowest BCUT2D eigenvalue weighted by Crippen LogP contribution is -1.97. The molecule has 0 fully saturated rings. The Morgan fingerprint density at radius 1 is 0.812 bits per heavy atom. The minimum atomic E-state index is 0.0676. The van der Waals surface area contributed by atoms with Gasteiger partial charge in [0.05, 0.1) is 0 Å². The predicted molar refractivity (Wildman–Crippen MR) is 65.5 cm³/mol. The summed E-state index contributed by atoms with van der Waals surface area (Å²) in [5.41, 5.74) is 0.0676. The van der Waals surface area contributed by atoms with E-state index in [1.807, 2.05) is 36.4 Å². The van der Waals surface area contributed by atoms with Crippen molar-refractivity contribution >= 4 is 21.5 Å². The van der Waals surface area contributed by atoms with Crippen molar-refractivity contribution in [3.8, 4) is 0 Å². The van der Waals surface area contributed by atoms with Crippen LogP contribution >= 0.6 is 0 Å². The number of hydrogen-bond acceptors (Lipinski definition) is 2. The molecule has 0 bridgehead atoms.